The third-order valence-electron chi connectivity index (χ3n) is 4.25. The summed E-state index contributed by atoms with van der Waals surface area (Å²) in [5.74, 6) is -0.621. The van der Waals surface area contributed by atoms with Gasteiger partial charge in [-0.15, -0.1) is 0 Å². The fourth-order valence-corrected chi connectivity index (χ4v) is 3.20. The molecule has 1 heterocycles. The fourth-order valence-electron chi connectivity index (χ4n) is 3.04. The average molecular weight is 452 g/mol. The highest BCUT2D eigenvalue weighted by Gasteiger charge is 2.47. The van der Waals surface area contributed by atoms with Crippen LogP contribution in [0.4, 0.5) is 10.5 Å². The molecule has 0 fully saturated rings. The van der Waals surface area contributed by atoms with Crippen LogP contribution in [-0.4, -0.2) is 39.4 Å². The number of ether oxygens (including phenoxy) is 2. The zero-order valence-corrected chi connectivity index (χ0v) is 17.4. The summed E-state index contributed by atoms with van der Waals surface area (Å²) < 4.78 is 8.08. The first kappa shape index (κ1) is 22.3. The van der Waals surface area contributed by atoms with E-state index in [2.05, 4.69) is 0 Å². The van der Waals surface area contributed by atoms with Crippen molar-refractivity contribution < 1.29 is 24.0 Å². The third-order valence-corrected chi connectivity index (χ3v) is 4.58. The number of carbonyl (C=O) groups is 2. The lowest BCUT2D eigenvalue weighted by Gasteiger charge is -2.40. The van der Waals surface area contributed by atoms with Gasteiger partial charge in [0, 0.05) is 12.3 Å². The molecular formula is C17H17Cl3N2O6. The quantitative estimate of drug-likeness (QED) is 0.286. The molecule has 1 aromatic carbocycles. The van der Waals surface area contributed by atoms with Crippen LogP contribution in [0.1, 0.15) is 31.0 Å². The Morgan fingerprint density at radius 1 is 1.29 bits per heavy atom. The van der Waals surface area contributed by atoms with Gasteiger partial charge in [-0.2, -0.15) is 0 Å². The molecular weight excluding hydrogens is 435 g/mol. The van der Waals surface area contributed by atoms with E-state index in [9.17, 15) is 19.7 Å². The number of methoxy groups -OCH3 is 1. The second kappa shape index (κ2) is 8.14. The van der Waals surface area contributed by atoms with Crippen molar-refractivity contribution in [2.45, 2.75) is 23.7 Å². The van der Waals surface area contributed by atoms with Crippen molar-refractivity contribution in [1.29, 1.82) is 0 Å². The minimum absolute atomic E-state index is 0.159. The number of carbonyl (C=O) groups excluding carboxylic acids is 2. The minimum Gasteiger partial charge on any atom is -0.469 e. The second-order valence-electron chi connectivity index (χ2n) is 6.55. The lowest BCUT2D eigenvalue weighted by Crippen LogP contribution is -2.45. The molecule has 0 unspecified atom stereocenters. The molecule has 0 spiro atoms. The summed E-state index contributed by atoms with van der Waals surface area (Å²) in [7, 11) is 1.21. The molecule has 28 heavy (non-hydrogen) atoms. The smallest absolute Gasteiger partial charge is 0.414 e. The third kappa shape index (κ3) is 4.51. The molecule has 0 N–H and O–H groups in total. The Hall–Kier alpha value is -2.03. The van der Waals surface area contributed by atoms with E-state index in [1.165, 1.54) is 31.5 Å². The topological polar surface area (TPSA) is 99.0 Å². The number of hydrogen-bond donors (Lipinski definition) is 0. The number of nitro benzene ring substituents is 1. The van der Waals surface area contributed by atoms with Gasteiger partial charge in [0.25, 0.3) is 5.69 Å². The van der Waals surface area contributed by atoms with E-state index in [0.717, 1.165) is 4.90 Å². The molecule has 0 saturated heterocycles. The van der Waals surface area contributed by atoms with Crippen molar-refractivity contribution in [2.24, 2.45) is 5.41 Å². The van der Waals surface area contributed by atoms with Crippen molar-refractivity contribution in [3.05, 3.63) is 45.6 Å². The molecule has 1 aliphatic heterocycles. The van der Waals surface area contributed by atoms with Crippen LogP contribution >= 0.6 is 34.8 Å². The van der Waals surface area contributed by atoms with Crippen LogP contribution in [0, 0.1) is 15.5 Å². The standard InChI is InChI=1S/C17H17Cl3N2O6/c1-16(2,14(23)27-3)13-11-5-4-6-12(22(25)26)10(11)7-8-21(13)15(24)28-9-17(18,19)20/h4-8,13H,9H2,1-3H3/t13-/m0/s1. The van der Waals surface area contributed by atoms with Crippen LogP contribution in [0.15, 0.2) is 24.4 Å². The van der Waals surface area contributed by atoms with Gasteiger partial charge in [0.1, 0.15) is 6.61 Å². The summed E-state index contributed by atoms with van der Waals surface area (Å²) in [4.78, 5) is 37.0. The Labute approximate surface area is 176 Å². The molecule has 152 valence electrons. The van der Waals surface area contributed by atoms with Gasteiger partial charge in [-0.05, 0) is 25.5 Å². The highest BCUT2D eigenvalue weighted by Crippen LogP contribution is 2.46. The first-order valence-electron chi connectivity index (χ1n) is 7.96. The number of nitrogens with zero attached hydrogens (tertiary/aromatic N) is 2. The van der Waals surface area contributed by atoms with Gasteiger partial charge in [0.2, 0.25) is 3.79 Å². The van der Waals surface area contributed by atoms with Crippen LogP contribution in [0.3, 0.4) is 0 Å². The molecule has 2 rings (SSSR count). The zero-order chi connectivity index (χ0) is 21.3. The Morgan fingerprint density at radius 3 is 2.46 bits per heavy atom. The Morgan fingerprint density at radius 2 is 1.93 bits per heavy atom. The number of benzene rings is 1. The van der Waals surface area contributed by atoms with E-state index in [-0.39, 0.29) is 11.3 Å². The normalized spacial score (nSPS) is 16.4. The van der Waals surface area contributed by atoms with Crippen LogP contribution in [0.2, 0.25) is 0 Å². The van der Waals surface area contributed by atoms with Gasteiger partial charge in [-0.3, -0.25) is 19.8 Å². The SMILES string of the molecule is COC(=O)C(C)(C)[C@@H]1c2cccc([N+](=O)[O-])c2C=CN1C(=O)OCC(Cl)(Cl)Cl. The van der Waals surface area contributed by atoms with E-state index >= 15 is 0 Å². The maximum atomic E-state index is 12.6. The number of hydrogen-bond acceptors (Lipinski definition) is 6. The molecule has 0 aromatic heterocycles. The number of esters is 1. The zero-order valence-electron chi connectivity index (χ0n) is 15.1. The number of halogens is 3. The van der Waals surface area contributed by atoms with Crippen LogP contribution in [-0.2, 0) is 14.3 Å². The summed E-state index contributed by atoms with van der Waals surface area (Å²) in [6.07, 6.45) is 1.81. The van der Waals surface area contributed by atoms with Gasteiger partial charge in [-0.25, -0.2) is 4.79 Å². The molecule has 1 aliphatic rings. The molecule has 11 heteroatoms. The molecule has 1 aromatic rings. The number of nitro groups is 1. The van der Waals surface area contributed by atoms with E-state index in [0.29, 0.717) is 5.56 Å². The van der Waals surface area contributed by atoms with E-state index in [1.807, 2.05) is 0 Å². The predicted molar refractivity (Wildman–Crippen MR) is 104 cm³/mol. The lowest BCUT2D eigenvalue weighted by molar-refractivity contribution is -0.385. The van der Waals surface area contributed by atoms with Gasteiger partial charge in [-0.1, -0.05) is 46.9 Å². The predicted octanol–water partition coefficient (Wildman–Crippen LogP) is 4.63. The first-order chi connectivity index (χ1) is 12.9. The summed E-state index contributed by atoms with van der Waals surface area (Å²) >= 11 is 16.9. The number of fused-ring (bicyclic) bond motifs is 1. The summed E-state index contributed by atoms with van der Waals surface area (Å²) in [6.45, 7) is 2.59. The summed E-state index contributed by atoms with van der Waals surface area (Å²) in [5, 5.41) is 11.4. The van der Waals surface area contributed by atoms with E-state index in [1.54, 1.807) is 19.9 Å². The molecule has 0 bridgehead atoms. The number of rotatable bonds is 4. The highest BCUT2D eigenvalue weighted by atomic mass is 35.6. The largest absolute Gasteiger partial charge is 0.469 e. The lowest BCUT2D eigenvalue weighted by atomic mass is 9.76. The fraction of sp³-hybridized carbons (Fsp3) is 0.412. The summed E-state index contributed by atoms with van der Waals surface area (Å²) in [6, 6.07) is 3.45. The van der Waals surface area contributed by atoms with Crippen molar-refractivity contribution in [3.63, 3.8) is 0 Å². The minimum atomic E-state index is -1.82. The van der Waals surface area contributed by atoms with Crippen molar-refractivity contribution in [1.82, 2.24) is 4.90 Å². The Kier molecular flexibility index (Phi) is 6.48. The number of amides is 1. The van der Waals surface area contributed by atoms with E-state index < -0.39 is 38.8 Å². The maximum Gasteiger partial charge on any atom is 0.414 e. The van der Waals surface area contributed by atoms with Crippen LogP contribution in [0.5, 0.6) is 0 Å². The molecule has 1 atom stereocenters. The monoisotopic (exact) mass is 450 g/mol. The molecule has 0 saturated carbocycles. The van der Waals surface area contributed by atoms with Gasteiger partial charge >= 0.3 is 12.1 Å². The first-order valence-corrected chi connectivity index (χ1v) is 9.09. The van der Waals surface area contributed by atoms with Crippen molar-refractivity contribution in [2.75, 3.05) is 13.7 Å². The van der Waals surface area contributed by atoms with Gasteiger partial charge < -0.3 is 9.47 Å². The Balaban J connectivity index is 2.56. The summed E-state index contributed by atoms with van der Waals surface area (Å²) in [5.41, 5.74) is -0.769. The molecule has 0 radical (unpaired) electrons. The van der Waals surface area contributed by atoms with Crippen LogP contribution in [0.25, 0.3) is 6.08 Å². The van der Waals surface area contributed by atoms with Crippen molar-refractivity contribution >= 4 is 58.6 Å². The molecule has 1 amide bonds. The Bertz CT molecular complexity index is 835. The van der Waals surface area contributed by atoms with Gasteiger partial charge in [0.15, 0.2) is 0 Å². The molecule has 8 nitrogen and oxygen atoms in total. The van der Waals surface area contributed by atoms with Gasteiger partial charge in [0.05, 0.1) is 29.1 Å². The maximum absolute atomic E-state index is 12.6. The average Bonchev–Trinajstić information content (AvgIpc) is 2.62. The highest BCUT2D eigenvalue weighted by molar-refractivity contribution is 6.67. The van der Waals surface area contributed by atoms with E-state index in [4.69, 9.17) is 44.3 Å². The second-order valence-corrected chi connectivity index (χ2v) is 9.06. The molecule has 0 aliphatic carbocycles. The van der Waals surface area contributed by atoms with Crippen molar-refractivity contribution in [3.8, 4) is 0 Å². The van der Waals surface area contributed by atoms with Crippen LogP contribution < -0.4 is 0 Å². The number of alkyl halides is 3.